The zero-order valence-electron chi connectivity index (χ0n) is 12.3. The summed E-state index contributed by atoms with van der Waals surface area (Å²) in [5.41, 5.74) is 9.17. The second kappa shape index (κ2) is 7.30. The number of para-hydroxylation sites is 1. The number of hydrogen-bond donors (Lipinski definition) is 1. The predicted molar refractivity (Wildman–Crippen MR) is 94.4 cm³/mol. The minimum Gasteiger partial charge on any atom is -0.398 e. The molecule has 2 aromatic rings. The molecule has 0 aromatic heterocycles. The summed E-state index contributed by atoms with van der Waals surface area (Å²) < 4.78 is 1.000. The zero-order chi connectivity index (χ0) is 15.4. The lowest BCUT2D eigenvalue weighted by molar-refractivity contribution is 0.204. The van der Waals surface area contributed by atoms with Crippen molar-refractivity contribution in [2.75, 3.05) is 5.73 Å². The average molecular weight is 368 g/mol. The predicted octanol–water partition coefficient (Wildman–Crippen LogP) is 5.10. The lowest BCUT2D eigenvalue weighted by Gasteiger charge is -2.27. The molecule has 0 spiro atoms. The van der Waals surface area contributed by atoms with E-state index < -0.39 is 0 Å². The Hall–Kier alpha value is -1.03. The maximum Gasteiger partial charge on any atom is 0.0462 e. The standard InChI is InChI=1S/C17H20BrClN2/c1-12(2)21(11-14-5-3-4-6-17(14)20)10-13-7-8-15(18)9-16(13)19/h3-9,12H,10-11,20H2,1-2H3. The first kappa shape index (κ1) is 16.3. The molecule has 2 aromatic carbocycles. The Bertz CT molecular complexity index is 613. The van der Waals surface area contributed by atoms with Crippen LogP contribution in [0.3, 0.4) is 0 Å². The fourth-order valence-corrected chi connectivity index (χ4v) is 2.92. The highest BCUT2D eigenvalue weighted by Gasteiger charge is 2.14. The van der Waals surface area contributed by atoms with Gasteiger partial charge in [-0.15, -0.1) is 0 Å². The monoisotopic (exact) mass is 366 g/mol. The topological polar surface area (TPSA) is 29.3 Å². The van der Waals surface area contributed by atoms with E-state index in [0.29, 0.717) is 6.04 Å². The van der Waals surface area contributed by atoms with Gasteiger partial charge in [-0.1, -0.05) is 51.8 Å². The lowest BCUT2D eigenvalue weighted by atomic mass is 10.1. The Kier molecular flexibility index (Phi) is 5.68. The lowest BCUT2D eigenvalue weighted by Crippen LogP contribution is -2.30. The van der Waals surface area contributed by atoms with Crippen LogP contribution in [-0.4, -0.2) is 10.9 Å². The van der Waals surface area contributed by atoms with Crippen molar-refractivity contribution in [3.63, 3.8) is 0 Å². The first-order valence-electron chi connectivity index (χ1n) is 6.98. The first-order chi connectivity index (χ1) is 9.97. The Morgan fingerprint density at radius 1 is 1.10 bits per heavy atom. The Balaban J connectivity index is 2.18. The average Bonchev–Trinajstić information content (AvgIpc) is 2.42. The first-order valence-corrected chi connectivity index (χ1v) is 8.16. The number of hydrogen-bond acceptors (Lipinski definition) is 2. The maximum absolute atomic E-state index is 6.33. The van der Waals surface area contributed by atoms with E-state index in [4.69, 9.17) is 17.3 Å². The minimum absolute atomic E-state index is 0.407. The SMILES string of the molecule is CC(C)N(Cc1ccccc1N)Cc1ccc(Br)cc1Cl. The van der Waals surface area contributed by atoms with Gasteiger partial charge in [0.25, 0.3) is 0 Å². The number of nitrogens with two attached hydrogens (primary N) is 1. The summed E-state index contributed by atoms with van der Waals surface area (Å²) in [5.74, 6) is 0. The van der Waals surface area contributed by atoms with Crippen molar-refractivity contribution in [2.24, 2.45) is 0 Å². The summed E-state index contributed by atoms with van der Waals surface area (Å²) in [4.78, 5) is 2.36. The molecule has 0 fully saturated rings. The quantitative estimate of drug-likeness (QED) is 0.745. The maximum atomic E-state index is 6.33. The molecule has 0 bridgehead atoms. The van der Waals surface area contributed by atoms with Gasteiger partial charge in [-0.2, -0.15) is 0 Å². The molecule has 0 aliphatic heterocycles. The number of benzene rings is 2. The second-order valence-electron chi connectivity index (χ2n) is 5.43. The Morgan fingerprint density at radius 3 is 2.38 bits per heavy atom. The van der Waals surface area contributed by atoms with E-state index in [1.165, 1.54) is 0 Å². The van der Waals surface area contributed by atoms with Crippen LogP contribution in [0.2, 0.25) is 5.02 Å². The highest BCUT2D eigenvalue weighted by atomic mass is 79.9. The Morgan fingerprint density at radius 2 is 1.76 bits per heavy atom. The Labute approximate surface area is 140 Å². The van der Waals surface area contributed by atoms with Crippen LogP contribution in [0.5, 0.6) is 0 Å². The molecule has 0 radical (unpaired) electrons. The van der Waals surface area contributed by atoms with E-state index in [1.54, 1.807) is 0 Å². The molecule has 112 valence electrons. The summed E-state index contributed by atoms with van der Waals surface area (Å²) in [6.07, 6.45) is 0. The highest BCUT2D eigenvalue weighted by Crippen LogP contribution is 2.24. The molecule has 0 saturated carbocycles. The van der Waals surface area contributed by atoms with Gasteiger partial charge in [0.2, 0.25) is 0 Å². The van der Waals surface area contributed by atoms with Crippen LogP contribution in [-0.2, 0) is 13.1 Å². The smallest absolute Gasteiger partial charge is 0.0462 e. The van der Waals surface area contributed by atoms with Crippen LogP contribution in [0, 0.1) is 0 Å². The van der Waals surface area contributed by atoms with Crippen LogP contribution in [0.1, 0.15) is 25.0 Å². The fourth-order valence-electron chi connectivity index (χ4n) is 2.19. The van der Waals surface area contributed by atoms with Crippen molar-refractivity contribution < 1.29 is 0 Å². The number of nitrogen functional groups attached to an aromatic ring is 1. The largest absolute Gasteiger partial charge is 0.398 e. The van der Waals surface area contributed by atoms with Gasteiger partial charge < -0.3 is 5.73 Å². The third kappa shape index (κ3) is 4.47. The third-order valence-electron chi connectivity index (χ3n) is 3.55. The van der Waals surface area contributed by atoms with Gasteiger partial charge in [0.1, 0.15) is 0 Å². The van der Waals surface area contributed by atoms with Crippen molar-refractivity contribution in [2.45, 2.75) is 33.0 Å². The van der Waals surface area contributed by atoms with Crippen molar-refractivity contribution in [1.82, 2.24) is 4.90 Å². The molecule has 0 unspecified atom stereocenters. The summed E-state index contributed by atoms with van der Waals surface area (Å²) >= 11 is 9.77. The van der Waals surface area contributed by atoms with E-state index in [-0.39, 0.29) is 0 Å². The van der Waals surface area contributed by atoms with Crippen molar-refractivity contribution in [3.05, 3.63) is 63.1 Å². The number of halogens is 2. The molecule has 0 atom stereocenters. The zero-order valence-corrected chi connectivity index (χ0v) is 14.7. The molecular weight excluding hydrogens is 348 g/mol. The normalized spacial score (nSPS) is 11.3. The number of anilines is 1. The fraction of sp³-hybridized carbons (Fsp3) is 0.294. The molecule has 2 N–H and O–H groups in total. The molecule has 2 nitrogen and oxygen atoms in total. The van der Waals surface area contributed by atoms with Crippen LogP contribution in [0.15, 0.2) is 46.9 Å². The minimum atomic E-state index is 0.407. The van der Waals surface area contributed by atoms with Gasteiger partial charge in [-0.05, 0) is 43.2 Å². The van der Waals surface area contributed by atoms with E-state index in [2.05, 4.69) is 46.8 Å². The molecule has 4 heteroatoms. The van der Waals surface area contributed by atoms with Gasteiger partial charge in [0.05, 0.1) is 0 Å². The second-order valence-corrected chi connectivity index (χ2v) is 6.76. The number of nitrogens with zero attached hydrogens (tertiary/aromatic N) is 1. The number of rotatable bonds is 5. The summed E-state index contributed by atoms with van der Waals surface area (Å²) in [6.45, 7) is 5.99. The van der Waals surface area contributed by atoms with Gasteiger partial charge >= 0.3 is 0 Å². The molecule has 2 rings (SSSR count). The third-order valence-corrected chi connectivity index (χ3v) is 4.39. The molecular formula is C17H20BrClN2. The van der Waals surface area contributed by atoms with Crippen LogP contribution in [0.4, 0.5) is 5.69 Å². The van der Waals surface area contributed by atoms with E-state index >= 15 is 0 Å². The van der Waals surface area contributed by atoms with Crippen molar-refractivity contribution >= 4 is 33.2 Å². The molecule has 0 saturated heterocycles. The van der Waals surface area contributed by atoms with Gasteiger partial charge in [0.15, 0.2) is 0 Å². The summed E-state index contributed by atoms with van der Waals surface area (Å²) in [5, 5.41) is 0.788. The van der Waals surface area contributed by atoms with Crippen LogP contribution in [0.25, 0.3) is 0 Å². The van der Waals surface area contributed by atoms with Crippen molar-refractivity contribution in [3.8, 4) is 0 Å². The summed E-state index contributed by atoms with van der Waals surface area (Å²) in [6, 6.07) is 14.4. The van der Waals surface area contributed by atoms with Crippen LogP contribution < -0.4 is 5.73 Å². The van der Waals surface area contributed by atoms with E-state index in [9.17, 15) is 0 Å². The molecule has 0 aliphatic rings. The van der Waals surface area contributed by atoms with Crippen LogP contribution >= 0.6 is 27.5 Å². The van der Waals surface area contributed by atoms with E-state index in [1.807, 2.05) is 30.3 Å². The van der Waals surface area contributed by atoms with E-state index in [0.717, 1.165) is 39.4 Å². The molecule has 0 heterocycles. The van der Waals surface area contributed by atoms with Crippen molar-refractivity contribution in [1.29, 1.82) is 0 Å². The summed E-state index contributed by atoms with van der Waals surface area (Å²) in [7, 11) is 0. The highest BCUT2D eigenvalue weighted by molar-refractivity contribution is 9.10. The molecule has 21 heavy (non-hydrogen) atoms. The van der Waals surface area contributed by atoms with Gasteiger partial charge in [-0.3, -0.25) is 4.90 Å². The molecule has 0 amide bonds. The van der Waals surface area contributed by atoms with Gasteiger partial charge in [-0.25, -0.2) is 0 Å². The van der Waals surface area contributed by atoms with Gasteiger partial charge in [0, 0.05) is 34.3 Å². The molecule has 0 aliphatic carbocycles.